The number of ether oxygens (including phenoxy) is 2. The summed E-state index contributed by atoms with van der Waals surface area (Å²) >= 11 is 0. The highest BCUT2D eigenvalue weighted by atomic mass is 16.5. The lowest BCUT2D eigenvalue weighted by Crippen LogP contribution is -2.06. The van der Waals surface area contributed by atoms with Crippen molar-refractivity contribution in [1.82, 2.24) is 0 Å². The summed E-state index contributed by atoms with van der Waals surface area (Å²) in [5, 5.41) is 0. The standard InChI is InChI=1S/C16H18O3/c17-16(18-11-12-5-2-1-3-6-12)10-14-9-13-7-4-8-15(13)19-14/h1-3,5-6,10,13,15H,4,7-9,11H2/b14-10-/t13-,15+/m1/s1. The van der Waals surface area contributed by atoms with E-state index in [1.165, 1.54) is 18.9 Å². The van der Waals surface area contributed by atoms with Crippen molar-refractivity contribution < 1.29 is 14.3 Å². The van der Waals surface area contributed by atoms with Crippen LogP contribution in [-0.2, 0) is 20.9 Å². The Morgan fingerprint density at radius 1 is 1.32 bits per heavy atom. The monoisotopic (exact) mass is 258 g/mol. The number of hydrogen-bond donors (Lipinski definition) is 0. The maximum Gasteiger partial charge on any atom is 0.334 e. The van der Waals surface area contributed by atoms with Gasteiger partial charge in [-0.1, -0.05) is 30.3 Å². The fourth-order valence-corrected chi connectivity index (χ4v) is 2.89. The van der Waals surface area contributed by atoms with E-state index in [4.69, 9.17) is 9.47 Å². The Labute approximate surface area is 113 Å². The summed E-state index contributed by atoms with van der Waals surface area (Å²) in [4.78, 5) is 11.7. The van der Waals surface area contributed by atoms with E-state index in [0.717, 1.165) is 24.2 Å². The zero-order valence-electron chi connectivity index (χ0n) is 10.9. The van der Waals surface area contributed by atoms with E-state index in [-0.39, 0.29) is 5.97 Å². The van der Waals surface area contributed by atoms with Crippen LogP contribution in [0.4, 0.5) is 0 Å². The van der Waals surface area contributed by atoms with Crippen molar-refractivity contribution in [2.24, 2.45) is 5.92 Å². The van der Waals surface area contributed by atoms with Crippen molar-refractivity contribution in [2.75, 3.05) is 0 Å². The maximum absolute atomic E-state index is 11.7. The van der Waals surface area contributed by atoms with Crippen LogP contribution in [0.2, 0.25) is 0 Å². The number of allylic oxidation sites excluding steroid dienone is 1. The van der Waals surface area contributed by atoms with Crippen LogP contribution in [-0.4, -0.2) is 12.1 Å². The molecule has 1 aromatic carbocycles. The SMILES string of the molecule is O=C(/C=C1/C[C@H]2CCC[C@@H]2O1)OCc1ccccc1. The van der Waals surface area contributed by atoms with Gasteiger partial charge in [0.05, 0.1) is 6.08 Å². The van der Waals surface area contributed by atoms with Gasteiger partial charge in [0.15, 0.2) is 0 Å². The minimum atomic E-state index is -0.307. The van der Waals surface area contributed by atoms with E-state index in [0.29, 0.717) is 18.6 Å². The van der Waals surface area contributed by atoms with Crippen molar-refractivity contribution in [2.45, 2.75) is 38.4 Å². The second-order valence-corrected chi connectivity index (χ2v) is 5.26. The van der Waals surface area contributed by atoms with Gasteiger partial charge in [-0.2, -0.15) is 0 Å². The molecule has 1 heterocycles. The van der Waals surface area contributed by atoms with Crippen molar-refractivity contribution in [3.63, 3.8) is 0 Å². The van der Waals surface area contributed by atoms with Gasteiger partial charge >= 0.3 is 5.97 Å². The number of benzene rings is 1. The normalized spacial score (nSPS) is 27.1. The Balaban J connectivity index is 1.51. The molecule has 1 aliphatic carbocycles. The van der Waals surface area contributed by atoms with Crippen molar-refractivity contribution in [1.29, 1.82) is 0 Å². The first kappa shape index (κ1) is 12.3. The van der Waals surface area contributed by atoms with Crippen molar-refractivity contribution in [3.05, 3.63) is 47.7 Å². The fourth-order valence-electron chi connectivity index (χ4n) is 2.89. The first-order chi connectivity index (χ1) is 9.31. The number of carbonyl (C=O) groups excluding carboxylic acids is 1. The smallest absolute Gasteiger partial charge is 0.334 e. The van der Waals surface area contributed by atoms with E-state index in [1.807, 2.05) is 30.3 Å². The Hall–Kier alpha value is -1.77. The van der Waals surface area contributed by atoms with Gasteiger partial charge in [-0.25, -0.2) is 4.79 Å². The average molecular weight is 258 g/mol. The first-order valence-electron chi connectivity index (χ1n) is 6.89. The van der Waals surface area contributed by atoms with Gasteiger partial charge in [-0.05, 0) is 24.8 Å². The third kappa shape index (κ3) is 2.98. The fraction of sp³-hybridized carbons (Fsp3) is 0.438. The zero-order valence-corrected chi connectivity index (χ0v) is 10.9. The van der Waals surface area contributed by atoms with Crippen molar-refractivity contribution in [3.8, 4) is 0 Å². The molecule has 1 aromatic rings. The Kier molecular flexibility index (Phi) is 3.53. The molecule has 0 amide bonds. The summed E-state index contributed by atoms with van der Waals surface area (Å²) in [5.41, 5.74) is 0.999. The predicted octanol–water partition coefficient (Wildman–Crippen LogP) is 3.20. The number of rotatable bonds is 3. The molecule has 2 atom stereocenters. The number of esters is 1. The lowest BCUT2D eigenvalue weighted by atomic mass is 10.0. The van der Waals surface area contributed by atoms with Gasteiger partial charge in [0, 0.05) is 12.3 Å². The lowest BCUT2D eigenvalue weighted by Gasteiger charge is -2.07. The largest absolute Gasteiger partial charge is 0.494 e. The van der Waals surface area contributed by atoms with Gasteiger partial charge < -0.3 is 9.47 Å². The van der Waals surface area contributed by atoms with Crippen LogP contribution in [0.5, 0.6) is 0 Å². The van der Waals surface area contributed by atoms with Gasteiger partial charge in [0.2, 0.25) is 0 Å². The summed E-state index contributed by atoms with van der Waals surface area (Å²) in [6, 6.07) is 9.69. The summed E-state index contributed by atoms with van der Waals surface area (Å²) in [6.45, 7) is 0.316. The van der Waals surface area contributed by atoms with Gasteiger partial charge in [0.1, 0.15) is 18.5 Å². The highest BCUT2D eigenvalue weighted by Gasteiger charge is 2.36. The summed E-state index contributed by atoms with van der Waals surface area (Å²) in [5.74, 6) is 1.11. The molecule has 100 valence electrons. The van der Waals surface area contributed by atoms with E-state index < -0.39 is 0 Å². The summed E-state index contributed by atoms with van der Waals surface area (Å²) < 4.78 is 11.0. The maximum atomic E-state index is 11.7. The topological polar surface area (TPSA) is 35.5 Å². The van der Waals surface area contributed by atoms with Gasteiger partial charge in [0.25, 0.3) is 0 Å². The molecule has 19 heavy (non-hydrogen) atoms. The molecule has 0 unspecified atom stereocenters. The molecule has 3 nitrogen and oxygen atoms in total. The molecular weight excluding hydrogens is 240 g/mol. The second-order valence-electron chi connectivity index (χ2n) is 5.26. The van der Waals surface area contributed by atoms with Gasteiger partial charge in [-0.3, -0.25) is 0 Å². The second kappa shape index (κ2) is 5.47. The summed E-state index contributed by atoms with van der Waals surface area (Å²) in [6.07, 6.45) is 6.35. The van der Waals surface area contributed by atoms with Crippen LogP contribution in [0, 0.1) is 5.92 Å². The van der Waals surface area contributed by atoms with Crippen molar-refractivity contribution >= 4 is 5.97 Å². The molecule has 0 aromatic heterocycles. The number of fused-ring (bicyclic) bond motifs is 1. The molecule has 0 bridgehead atoms. The van der Waals surface area contributed by atoms with E-state index in [1.54, 1.807) is 0 Å². The van der Waals surface area contributed by atoms with E-state index >= 15 is 0 Å². The third-order valence-electron chi connectivity index (χ3n) is 3.86. The van der Waals surface area contributed by atoms with Crippen LogP contribution in [0.3, 0.4) is 0 Å². The molecule has 1 saturated heterocycles. The number of carbonyl (C=O) groups is 1. The molecule has 1 aliphatic heterocycles. The third-order valence-corrected chi connectivity index (χ3v) is 3.86. The minimum Gasteiger partial charge on any atom is -0.494 e. The Morgan fingerprint density at radius 2 is 2.16 bits per heavy atom. The summed E-state index contributed by atoms with van der Waals surface area (Å²) in [7, 11) is 0. The molecule has 1 saturated carbocycles. The van der Waals surface area contributed by atoms with Crippen LogP contribution in [0.15, 0.2) is 42.2 Å². The van der Waals surface area contributed by atoms with Crippen LogP contribution in [0.25, 0.3) is 0 Å². The Bertz CT molecular complexity index is 464. The molecular formula is C16H18O3. The van der Waals surface area contributed by atoms with E-state index in [9.17, 15) is 4.79 Å². The minimum absolute atomic E-state index is 0.307. The lowest BCUT2D eigenvalue weighted by molar-refractivity contribution is -0.139. The molecule has 0 radical (unpaired) electrons. The molecule has 2 aliphatic rings. The quantitative estimate of drug-likeness (QED) is 0.617. The molecule has 0 N–H and O–H groups in total. The van der Waals surface area contributed by atoms with Crippen LogP contribution in [0.1, 0.15) is 31.2 Å². The molecule has 3 heteroatoms. The molecule has 0 spiro atoms. The highest BCUT2D eigenvalue weighted by molar-refractivity contribution is 5.82. The molecule has 3 rings (SSSR count). The molecule has 2 fully saturated rings. The van der Waals surface area contributed by atoms with E-state index in [2.05, 4.69) is 0 Å². The van der Waals surface area contributed by atoms with Gasteiger partial charge in [-0.15, -0.1) is 0 Å². The number of hydrogen-bond acceptors (Lipinski definition) is 3. The predicted molar refractivity (Wildman–Crippen MR) is 71.2 cm³/mol. The highest BCUT2D eigenvalue weighted by Crippen LogP contribution is 2.40. The first-order valence-corrected chi connectivity index (χ1v) is 6.89. The zero-order chi connectivity index (χ0) is 13.1. The van der Waals surface area contributed by atoms with Crippen LogP contribution >= 0.6 is 0 Å². The van der Waals surface area contributed by atoms with Crippen LogP contribution < -0.4 is 0 Å². The average Bonchev–Trinajstić information content (AvgIpc) is 2.98. The Morgan fingerprint density at radius 3 is 2.95 bits per heavy atom.